The van der Waals surface area contributed by atoms with Crippen molar-refractivity contribution in [2.45, 2.75) is 5.54 Å². The molecule has 0 amide bonds. The van der Waals surface area contributed by atoms with E-state index in [0.717, 1.165) is 0 Å². The SMILES string of the molecule is N#CC1(C#N)C=NC=N1.[H-].[Li+]. The molecule has 0 aliphatic carbocycles. The normalized spacial score (nSPS) is 17.0. The monoisotopic (exact) mass is 126 g/mol. The number of aliphatic imine (C=N–C) groups is 2. The summed E-state index contributed by atoms with van der Waals surface area (Å²) in [5.74, 6) is 0. The van der Waals surface area contributed by atoms with Crippen molar-refractivity contribution in [3.8, 4) is 12.1 Å². The Morgan fingerprint density at radius 3 is 2.20 bits per heavy atom. The van der Waals surface area contributed by atoms with E-state index in [-0.39, 0.29) is 20.3 Å². The summed E-state index contributed by atoms with van der Waals surface area (Å²) in [7, 11) is 0. The molecule has 1 aliphatic heterocycles. The van der Waals surface area contributed by atoms with E-state index in [0.29, 0.717) is 0 Å². The van der Waals surface area contributed by atoms with Crippen LogP contribution in [0, 0.1) is 22.7 Å². The predicted molar refractivity (Wildman–Crippen MR) is 32.1 cm³/mol. The molecule has 0 unspecified atom stereocenters. The van der Waals surface area contributed by atoms with Gasteiger partial charge in [0.1, 0.15) is 18.5 Å². The first kappa shape index (κ1) is 8.92. The molecule has 1 aliphatic rings. The molecule has 0 atom stereocenters. The van der Waals surface area contributed by atoms with Crippen LogP contribution in [-0.4, -0.2) is 18.1 Å². The first-order chi connectivity index (χ1) is 4.33. The molecule has 1 rings (SSSR count). The standard InChI is InChI=1S/C5H2N4.Li.H/c6-1-5(2-7)3-8-4-9-5;;/h3-4H;;/q;+1;-1. The Morgan fingerprint density at radius 2 is 2.00 bits per heavy atom. The van der Waals surface area contributed by atoms with Crippen LogP contribution in [0.5, 0.6) is 0 Å². The second kappa shape index (κ2) is 3.18. The third kappa shape index (κ3) is 1.25. The third-order valence-electron chi connectivity index (χ3n) is 0.930. The molecule has 0 N–H and O–H groups in total. The molecular formula is C5H3LiN4. The summed E-state index contributed by atoms with van der Waals surface area (Å²) in [6.07, 6.45) is 2.42. The average molecular weight is 126 g/mol. The molecular weight excluding hydrogens is 123 g/mol. The van der Waals surface area contributed by atoms with E-state index < -0.39 is 5.54 Å². The molecule has 5 heteroatoms. The topological polar surface area (TPSA) is 72.3 Å². The quantitative estimate of drug-likeness (QED) is 0.324. The first-order valence-corrected chi connectivity index (χ1v) is 2.23. The van der Waals surface area contributed by atoms with Gasteiger partial charge in [-0.05, 0) is 0 Å². The summed E-state index contributed by atoms with van der Waals surface area (Å²) in [4.78, 5) is 7.05. The average Bonchev–Trinajstić information content (AvgIpc) is 2.36. The molecule has 0 saturated heterocycles. The summed E-state index contributed by atoms with van der Waals surface area (Å²) >= 11 is 0. The Balaban J connectivity index is 0. The molecule has 0 aromatic rings. The Labute approximate surface area is 71.6 Å². The minimum Gasteiger partial charge on any atom is -1.00 e. The van der Waals surface area contributed by atoms with E-state index in [1.807, 2.05) is 0 Å². The van der Waals surface area contributed by atoms with Crippen LogP contribution in [0.4, 0.5) is 0 Å². The van der Waals surface area contributed by atoms with Gasteiger partial charge in [-0.25, -0.2) is 9.98 Å². The summed E-state index contributed by atoms with van der Waals surface area (Å²) in [6, 6.07) is 3.44. The van der Waals surface area contributed by atoms with E-state index in [9.17, 15) is 0 Å². The van der Waals surface area contributed by atoms with Crippen LogP contribution in [0.25, 0.3) is 0 Å². The van der Waals surface area contributed by atoms with Crippen molar-refractivity contribution in [3.05, 3.63) is 0 Å². The predicted octanol–water partition coefficient (Wildman–Crippen LogP) is -3.00. The van der Waals surface area contributed by atoms with Crippen LogP contribution in [0.15, 0.2) is 9.98 Å². The van der Waals surface area contributed by atoms with Crippen molar-refractivity contribution in [2.75, 3.05) is 0 Å². The third-order valence-corrected chi connectivity index (χ3v) is 0.930. The van der Waals surface area contributed by atoms with E-state index in [2.05, 4.69) is 9.98 Å². The fourth-order valence-corrected chi connectivity index (χ4v) is 0.439. The van der Waals surface area contributed by atoms with Crippen molar-refractivity contribution in [2.24, 2.45) is 9.98 Å². The molecule has 44 valence electrons. The second-order valence-corrected chi connectivity index (χ2v) is 1.51. The van der Waals surface area contributed by atoms with E-state index in [4.69, 9.17) is 10.5 Å². The van der Waals surface area contributed by atoms with Crippen LogP contribution in [0.2, 0.25) is 0 Å². The van der Waals surface area contributed by atoms with Gasteiger partial charge in [0, 0.05) is 0 Å². The van der Waals surface area contributed by atoms with Gasteiger partial charge in [0.15, 0.2) is 0 Å². The Kier molecular flexibility index (Phi) is 2.83. The molecule has 4 nitrogen and oxygen atoms in total. The van der Waals surface area contributed by atoms with Crippen molar-refractivity contribution in [1.29, 1.82) is 10.5 Å². The number of hydrogen-bond acceptors (Lipinski definition) is 4. The molecule has 0 aromatic heterocycles. The van der Waals surface area contributed by atoms with E-state index in [1.165, 1.54) is 12.6 Å². The van der Waals surface area contributed by atoms with E-state index in [1.54, 1.807) is 12.1 Å². The van der Waals surface area contributed by atoms with Gasteiger partial charge in [-0.1, -0.05) is 0 Å². The van der Waals surface area contributed by atoms with Gasteiger partial charge in [-0.2, -0.15) is 10.5 Å². The van der Waals surface area contributed by atoms with Gasteiger partial charge in [0.05, 0.1) is 6.21 Å². The summed E-state index contributed by atoms with van der Waals surface area (Å²) < 4.78 is 0. The number of nitriles is 2. The van der Waals surface area contributed by atoms with Gasteiger partial charge in [-0.15, -0.1) is 0 Å². The largest absolute Gasteiger partial charge is 1.00 e. The van der Waals surface area contributed by atoms with Crippen molar-refractivity contribution in [3.63, 3.8) is 0 Å². The molecule has 0 saturated carbocycles. The Bertz CT molecular complexity index is 231. The van der Waals surface area contributed by atoms with Crippen molar-refractivity contribution < 1.29 is 20.3 Å². The molecule has 0 aromatic carbocycles. The van der Waals surface area contributed by atoms with Gasteiger partial charge >= 0.3 is 18.9 Å². The number of rotatable bonds is 0. The zero-order valence-electron chi connectivity index (χ0n) is 6.44. The van der Waals surface area contributed by atoms with Crippen LogP contribution >= 0.6 is 0 Å². The van der Waals surface area contributed by atoms with Crippen molar-refractivity contribution >= 4 is 12.6 Å². The first-order valence-electron chi connectivity index (χ1n) is 2.23. The molecule has 0 radical (unpaired) electrons. The second-order valence-electron chi connectivity index (χ2n) is 1.51. The fraction of sp³-hybridized carbons (Fsp3) is 0.200. The molecule has 10 heavy (non-hydrogen) atoms. The summed E-state index contributed by atoms with van der Waals surface area (Å²) in [5.41, 5.74) is -1.33. The van der Waals surface area contributed by atoms with Gasteiger partial charge in [0.25, 0.3) is 5.54 Å². The van der Waals surface area contributed by atoms with Gasteiger partial charge < -0.3 is 1.43 Å². The number of hydrogen-bond donors (Lipinski definition) is 0. The fourth-order valence-electron chi connectivity index (χ4n) is 0.439. The van der Waals surface area contributed by atoms with Crippen LogP contribution in [-0.2, 0) is 0 Å². The molecule has 0 fully saturated rings. The minimum atomic E-state index is -1.33. The van der Waals surface area contributed by atoms with Crippen molar-refractivity contribution in [1.82, 2.24) is 0 Å². The van der Waals surface area contributed by atoms with E-state index >= 15 is 0 Å². The maximum absolute atomic E-state index is 8.34. The van der Waals surface area contributed by atoms with Crippen LogP contribution in [0.1, 0.15) is 1.43 Å². The van der Waals surface area contributed by atoms with Crippen LogP contribution < -0.4 is 18.9 Å². The summed E-state index contributed by atoms with van der Waals surface area (Å²) in [6.45, 7) is 0. The molecule has 0 bridgehead atoms. The number of nitrogens with zero attached hydrogens (tertiary/aromatic N) is 4. The maximum atomic E-state index is 8.34. The maximum Gasteiger partial charge on any atom is 1.00 e. The minimum absolute atomic E-state index is 0. The summed E-state index contributed by atoms with van der Waals surface area (Å²) in [5, 5.41) is 16.7. The van der Waals surface area contributed by atoms with Gasteiger partial charge in [-0.3, -0.25) is 0 Å². The zero-order valence-corrected chi connectivity index (χ0v) is 5.44. The molecule has 1 heterocycles. The Hall–Kier alpha value is -1.08. The zero-order chi connectivity index (χ0) is 6.74. The smallest absolute Gasteiger partial charge is 1.00 e. The van der Waals surface area contributed by atoms with Gasteiger partial charge in [0.2, 0.25) is 0 Å². The Morgan fingerprint density at radius 1 is 1.40 bits per heavy atom. The van der Waals surface area contributed by atoms with Crippen LogP contribution in [0.3, 0.4) is 0 Å². The molecule has 0 spiro atoms.